The maximum absolute atomic E-state index is 12.0. The molecule has 0 aromatic carbocycles. The van der Waals surface area contributed by atoms with Gasteiger partial charge in [0.05, 0.1) is 12.1 Å². The second-order valence-electron chi connectivity index (χ2n) is 5.60. The van der Waals surface area contributed by atoms with Gasteiger partial charge >= 0.3 is 5.97 Å². The summed E-state index contributed by atoms with van der Waals surface area (Å²) in [5.74, 6) is 0.843. The molecule has 116 valence electrons. The Morgan fingerprint density at radius 1 is 1.52 bits per heavy atom. The van der Waals surface area contributed by atoms with Gasteiger partial charge in [-0.1, -0.05) is 6.42 Å². The highest BCUT2D eigenvalue weighted by atomic mass is 32.2. The fourth-order valence-corrected chi connectivity index (χ4v) is 3.09. The Kier molecular flexibility index (Phi) is 5.99. The van der Waals surface area contributed by atoms with Gasteiger partial charge in [-0.15, -0.1) is 11.8 Å². The highest BCUT2D eigenvalue weighted by Crippen LogP contribution is 2.26. The average Bonchev–Trinajstić information content (AvgIpc) is 3.31. The molecule has 1 unspecified atom stereocenters. The van der Waals surface area contributed by atoms with Crippen LogP contribution >= 0.6 is 11.8 Å². The molecule has 1 fully saturated rings. The van der Waals surface area contributed by atoms with Gasteiger partial charge in [-0.05, 0) is 44.4 Å². The zero-order valence-corrected chi connectivity index (χ0v) is 13.5. The van der Waals surface area contributed by atoms with Crippen LogP contribution in [0.25, 0.3) is 0 Å². The van der Waals surface area contributed by atoms with Crippen LogP contribution in [0.5, 0.6) is 0 Å². The lowest BCUT2D eigenvalue weighted by molar-refractivity contribution is -0.148. The van der Waals surface area contributed by atoms with Crippen LogP contribution < -0.4 is 5.32 Å². The quantitative estimate of drug-likeness (QED) is 0.327. The Hall–Kier alpha value is -1.14. The van der Waals surface area contributed by atoms with Crippen LogP contribution in [0.15, 0.2) is 23.6 Å². The Morgan fingerprint density at radius 2 is 2.33 bits per heavy atom. The third-order valence-electron chi connectivity index (χ3n) is 3.61. The number of hydrogen-bond acceptors (Lipinski definition) is 6. The minimum absolute atomic E-state index is 0.155. The van der Waals surface area contributed by atoms with Gasteiger partial charge in [0.2, 0.25) is 0 Å². The number of rotatable bonds is 9. The highest BCUT2D eigenvalue weighted by molar-refractivity contribution is 7.99. The van der Waals surface area contributed by atoms with E-state index in [0.717, 1.165) is 42.9 Å². The number of aromatic nitrogens is 2. The molecule has 0 radical (unpaired) electrons. The average molecular weight is 309 g/mol. The number of carbonyl (C=O) groups excluding carboxylic acids is 1. The van der Waals surface area contributed by atoms with E-state index >= 15 is 0 Å². The summed E-state index contributed by atoms with van der Waals surface area (Å²) in [6, 6.07) is 2.40. The summed E-state index contributed by atoms with van der Waals surface area (Å²) in [7, 11) is 1.46. The van der Waals surface area contributed by atoms with Crippen LogP contribution in [0.1, 0.15) is 39.0 Å². The van der Waals surface area contributed by atoms with E-state index in [1.165, 1.54) is 7.11 Å². The van der Waals surface area contributed by atoms with E-state index in [1.807, 2.05) is 13.0 Å². The molecule has 1 saturated carbocycles. The highest BCUT2D eigenvalue weighted by Gasteiger charge is 2.38. The SMILES string of the molecule is COC(=O)C(C)(CCCCSc1ccncn1)NC1CC1. The van der Waals surface area contributed by atoms with Gasteiger partial charge in [0.1, 0.15) is 11.9 Å². The van der Waals surface area contributed by atoms with E-state index in [9.17, 15) is 4.79 Å². The van der Waals surface area contributed by atoms with Crippen LogP contribution in [0.3, 0.4) is 0 Å². The molecule has 1 heterocycles. The monoisotopic (exact) mass is 309 g/mol. The lowest BCUT2D eigenvalue weighted by Gasteiger charge is -2.28. The van der Waals surface area contributed by atoms with Crippen molar-refractivity contribution in [1.82, 2.24) is 15.3 Å². The Labute approximate surface area is 130 Å². The zero-order chi connectivity index (χ0) is 15.1. The molecule has 5 nitrogen and oxygen atoms in total. The first-order valence-electron chi connectivity index (χ1n) is 7.39. The fourth-order valence-electron chi connectivity index (χ4n) is 2.26. The van der Waals surface area contributed by atoms with Crippen molar-refractivity contribution in [2.24, 2.45) is 0 Å². The minimum atomic E-state index is -0.546. The Balaban J connectivity index is 1.70. The number of esters is 1. The van der Waals surface area contributed by atoms with E-state index in [4.69, 9.17) is 4.74 Å². The molecule has 0 saturated heterocycles. The number of ether oxygens (including phenoxy) is 1. The van der Waals surface area contributed by atoms with Crippen molar-refractivity contribution in [2.75, 3.05) is 12.9 Å². The molecule has 21 heavy (non-hydrogen) atoms. The van der Waals surface area contributed by atoms with E-state index in [-0.39, 0.29) is 5.97 Å². The zero-order valence-electron chi connectivity index (χ0n) is 12.7. The number of methoxy groups -OCH3 is 1. The number of hydrogen-bond donors (Lipinski definition) is 1. The van der Waals surface area contributed by atoms with E-state index in [0.29, 0.717) is 6.04 Å². The van der Waals surface area contributed by atoms with Gasteiger partial charge in [-0.3, -0.25) is 10.1 Å². The van der Waals surface area contributed by atoms with Crippen molar-refractivity contribution in [3.63, 3.8) is 0 Å². The normalized spacial score (nSPS) is 17.2. The van der Waals surface area contributed by atoms with Gasteiger partial charge in [-0.2, -0.15) is 0 Å². The molecular weight excluding hydrogens is 286 g/mol. The molecule has 0 spiro atoms. The number of thioether (sulfide) groups is 1. The van der Waals surface area contributed by atoms with E-state index in [2.05, 4.69) is 15.3 Å². The number of nitrogens with zero attached hydrogens (tertiary/aromatic N) is 2. The van der Waals surface area contributed by atoms with Crippen LogP contribution in [0.4, 0.5) is 0 Å². The molecule has 1 aliphatic rings. The minimum Gasteiger partial charge on any atom is -0.468 e. The molecule has 1 N–H and O–H groups in total. The van der Waals surface area contributed by atoms with Crippen molar-refractivity contribution in [2.45, 2.75) is 55.6 Å². The summed E-state index contributed by atoms with van der Waals surface area (Å²) in [5, 5.41) is 4.42. The third-order valence-corrected chi connectivity index (χ3v) is 4.64. The predicted octanol–water partition coefficient (Wildman–Crippen LogP) is 2.42. The summed E-state index contributed by atoms with van der Waals surface area (Å²) in [6.07, 6.45) is 8.49. The fraction of sp³-hybridized carbons (Fsp3) is 0.667. The lowest BCUT2D eigenvalue weighted by atomic mass is 9.95. The molecule has 1 atom stereocenters. The number of carbonyl (C=O) groups is 1. The van der Waals surface area contributed by atoms with Crippen molar-refractivity contribution < 1.29 is 9.53 Å². The van der Waals surface area contributed by atoms with Crippen molar-refractivity contribution in [3.05, 3.63) is 18.6 Å². The molecule has 0 amide bonds. The summed E-state index contributed by atoms with van der Waals surface area (Å²) < 4.78 is 4.95. The molecule has 2 rings (SSSR count). The van der Waals surface area contributed by atoms with Gasteiger partial charge in [-0.25, -0.2) is 9.97 Å². The molecule has 1 aromatic heterocycles. The van der Waals surface area contributed by atoms with Crippen molar-refractivity contribution in [3.8, 4) is 0 Å². The summed E-state index contributed by atoms with van der Waals surface area (Å²) >= 11 is 1.72. The maximum atomic E-state index is 12.0. The topological polar surface area (TPSA) is 64.1 Å². The van der Waals surface area contributed by atoms with Crippen LogP contribution in [-0.4, -0.2) is 40.4 Å². The van der Waals surface area contributed by atoms with Gasteiger partial charge in [0.25, 0.3) is 0 Å². The second-order valence-corrected chi connectivity index (χ2v) is 6.71. The first-order chi connectivity index (χ1) is 10.1. The molecule has 1 aromatic rings. The Morgan fingerprint density at radius 3 is 2.95 bits per heavy atom. The summed E-state index contributed by atoms with van der Waals surface area (Å²) in [6.45, 7) is 1.95. The standard InChI is InChI=1S/C15H23N3O2S/c1-15(14(19)20-2,18-12-5-6-12)8-3-4-10-21-13-7-9-16-11-17-13/h7,9,11-12,18H,3-6,8,10H2,1-2H3. The van der Waals surface area contributed by atoms with Crippen LogP contribution in [-0.2, 0) is 9.53 Å². The largest absolute Gasteiger partial charge is 0.468 e. The molecule has 6 heteroatoms. The van der Waals surface area contributed by atoms with Crippen molar-refractivity contribution in [1.29, 1.82) is 0 Å². The van der Waals surface area contributed by atoms with Crippen molar-refractivity contribution >= 4 is 17.7 Å². The predicted molar refractivity (Wildman–Crippen MR) is 83.2 cm³/mol. The van der Waals surface area contributed by atoms with E-state index in [1.54, 1.807) is 24.3 Å². The first-order valence-corrected chi connectivity index (χ1v) is 8.37. The van der Waals surface area contributed by atoms with Gasteiger partial charge in [0, 0.05) is 12.2 Å². The van der Waals surface area contributed by atoms with Crippen LogP contribution in [0, 0.1) is 0 Å². The molecular formula is C15H23N3O2S. The smallest absolute Gasteiger partial charge is 0.325 e. The van der Waals surface area contributed by atoms with Gasteiger partial charge in [0.15, 0.2) is 0 Å². The van der Waals surface area contributed by atoms with Gasteiger partial charge < -0.3 is 4.74 Å². The molecule has 0 bridgehead atoms. The Bertz CT molecular complexity index is 453. The number of nitrogens with one attached hydrogen (secondary N) is 1. The summed E-state index contributed by atoms with van der Waals surface area (Å²) in [5.41, 5.74) is -0.546. The molecule has 1 aliphatic carbocycles. The third kappa shape index (κ3) is 5.28. The number of unbranched alkanes of at least 4 members (excludes halogenated alkanes) is 1. The van der Waals surface area contributed by atoms with Crippen LogP contribution in [0.2, 0.25) is 0 Å². The summed E-state index contributed by atoms with van der Waals surface area (Å²) in [4.78, 5) is 20.1. The second kappa shape index (κ2) is 7.75. The maximum Gasteiger partial charge on any atom is 0.325 e. The lowest BCUT2D eigenvalue weighted by Crippen LogP contribution is -2.51. The van der Waals surface area contributed by atoms with E-state index < -0.39 is 5.54 Å². The first kappa shape index (κ1) is 16.2. The molecule has 0 aliphatic heterocycles.